The van der Waals surface area contributed by atoms with Crippen molar-refractivity contribution in [2.75, 3.05) is 19.6 Å². The molecule has 0 radical (unpaired) electrons. The van der Waals surface area contributed by atoms with Crippen LogP contribution < -0.4 is 5.56 Å². The first-order valence-corrected chi connectivity index (χ1v) is 11.6. The Bertz CT molecular complexity index is 923. The maximum Gasteiger partial charge on any atom is 0.262 e. The van der Waals surface area contributed by atoms with Crippen LogP contribution in [0.2, 0.25) is 0 Å². The Balaban J connectivity index is 1.82. The molecule has 2 aromatic heterocycles. The van der Waals surface area contributed by atoms with Gasteiger partial charge in [0.25, 0.3) is 5.56 Å². The van der Waals surface area contributed by atoms with Crippen LogP contribution in [0.5, 0.6) is 0 Å². The van der Waals surface area contributed by atoms with Gasteiger partial charge >= 0.3 is 0 Å². The molecule has 0 unspecified atom stereocenters. The molecule has 29 heavy (non-hydrogen) atoms. The van der Waals surface area contributed by atoms with Crippen molar-refractivity contribution in [3.05, 3.63) is 27.1 Å². The van der Waals surface area contributed by atoms with Crippen LogP contribution in [0.1, 0.15) is 63.9 Å². The molecule has 1 fully saturated rings. The van der Waals surface area contributed by atoms with E-state index in [4.69, 9.17) is 0 Å². The van der Waals surface area contributed by atoms with Crippen molar-refractivity contribution in [3.63, 3.8) is 0 Å². The lowest BCUT2D eigenvalue weighted by molar-refractivity contribution is -0.136. The first-order valence-electron chi connectivity index (χ1n) is 10.8. The second-order valence-electron chi connectivity index (χ2n) is 8.65. The minimum absolute atomic E-state index is 0.0670. The number of hydrogen-bond acceptors (Lipinski definition) is 5. The summed E-state index contributed by atoms with van der Waals surface area (Å²) in [6, 6.07) is 0.440. The molecule has 0 spiro atoms. The number of aromatic nitrogens is 2. The zero-order valence-corrected chi connectivity index (χ0v) is 19.4. The molecule has 6 nitrogen and oxygen atoms in total. The Hall–Kier alpha value is -1.73. The van der Waals surface area contributed by atoms with Gasteiger partial charge in [0.15, 0.2) is 0 Å². The normalized spacial score (nSPS) is 18.1. The Morgan fingerprint density at radius 2 is 2.00 bits per heavy atom. The molecule has 160 valence electrons. The highest BCUT2D eigenvalue weighted by Crippen LogP contribution is 2.28. The largest absolute Gasteiger partial charge is 0.337 e. The van der Waals surface area contributed by atoms with E-state index in [1.165, 1.54) is 4.88 Å². The molecule has 3 rings (SSSR count). The Morgan fingerprint density at radius 3 is 2.62 bits per heavy atom. The molecule has 0 aromatic carbocycles. The topological polar surface area (TPSA) is 58.4 Å². The number of piperidine rings is 1. The predicted octanol–water partition coefficient (Wildman–Crippen LogP) is 3.61. The van der Waals surface area contributed by atoms with E-state index < -0.39 is 0 Å². The number of rotatable bonds is 6. The number of carbonyl (C=O) groups excluding carboxylic acids is 1. The summed E-state index contributed by atoms with van der Waals surface area (Å²) in [6.07, 6.45) is 4.48. The Kier molecular flexibility index (Phi) is 6.79. The molecule has 1 aliphatic rings. The van der Waals surface area contributed by atoms with Crippen molar-refractivity contribution in [2.45, 2.75) is 78.9 Å². The number of carbonyl (C=O) groups is 1. The standard InChI is InChI=1S/C22H34N4O2S/c1-7-18-16(6)29-21-20(18)22(28)25(13-23-21)17-9-8-10-24(11-17)12-19(27)26(14(2)3)15(4)5/h13-15,17H,7-12H2,1-6H3/t17-/m0/s1. The number of aryl methyl sites for hydroxylation is 2. The number of likely N-dealkylation sites (tertiary alicyclic amines) is 1. The van der Waals surface area contributed by atoms with Gasteiger partial charge in [-0.3, -0.25) is 19.1 Å². The van der Waals surface area contributed by atoms with Crippen molar-refractivity contribution in [3.8, 4) is 0 Å². The van der Waals surface area contributed by atoms with Crippen LogP contribution >= 0.6 is 11.3 Å². The van der Waals surface area contributed by atoms with E-state index in [2.05, 4.69) is 51.4 Å². The molecular weight excluding hydrogens is 384 g/mol. The summed E-state index contributed by atoms with van der Waals surface area (Å²) in [5, 5.41) is 0.788. The van der Waals surface area contributed by atoms with E-state index in [-0.39, 0.29) is 29.6 Å². The number of nitrogens with zero attached hydrogens (tertiary/aromatic N) is 4. The summed E-state index contributed by atoms with van der Waals surface area (Å²) < 4.78 is 1.81. The van der Waals surface area contributed by atoms with Gasteiger partial charge in [0.2, 0.25) is 5.91 Å². The quantitative estimate of drug-likeness (QED) is 0.719. The first kappa shape index (κ1) is 22.0. The fourth-order valence-electron chi connectivity index (χ4n) is 4.70. The van der Waals surface area contributed by atoms with Crippen LogP contribution in [-0.4, -0.2) is 57.0 Å². The van der Waals surface area contributed by atoms with Crippen molar-refractivity contribution in [1.82, 2.24) is 19.4 Å². The van der Waals surface area contributed by atoms with E-state index >= 15 is 0 Å². The SMILES string of the molecule is CCc1c(C)sc2ncn([C@H]3CCCN(CC(=O)N(C(C)C)C(C)C)C3)c(=O)c12. The van der Waals surface area contributed by atoms with Gasteiger partial charge in [-0.05, 0) is 66.0 Å². The smallest absolute Gasteiger partial charge is 0.262 e. The molecule has 1 aliphatic heterocycles. The lowest BCUT2D eigenvalue weighted by atomic mass is 10.0. The van der Waals surface area contributed by atoms with Crippen LogP contribution in [0.15, 0.2) is 11.1 Å². The first-order chi connectivity index (χ1) is 13.7. The van der Waals surface area contributed by atoms with Gasteiger partial charge in [-0.2, -0.15) is 0 Å². The van der Waals surface area contributed by atoms with Crippen molar-refractivity contribution in [1.29, 1.82) is 0 Å². The minimum Gasteiger partial charge on any atom is -0.337 e. The molecule has 1 atom stereocenters. The molecule has 1 amide bonds. The van der Waals surface area contributed by atoms with E-state index in [1.54, 1.807) is 17.7 Å². The Morgan fingerprint density at radius 1 is 1.31 bits per heavy atom. The molecule has 2 aromatic rings. The van der Waals surface area contributed by atoms with Crippen molar-refractivity contribution in [2.24, 2.45) is 0 Å². The zero-order valence-electron chi connectivity index (χ0n) is 18.6. The molecule has 0 saturated carbocycles. The molecule has 1 saturated heterocycles. The summed E-state index contributed by atoms with van der Waals surface area (Å²) in [5.41, 5.74) is 1.20. The molecule has 3 heterocycles. The maximum absolute atomic E-state index is 13.3. The van der Waals surface area contributed by atoms with Crippen molar-refractivity contribution < 1.29 is 4.79 Å². The Labute approximate surface area is 177 Å². The molecular formula is C22H34N4O2S. The molecule has 0 aliphatic carbocycles. The van der Waals surface area contributed by atoms with Gasteiger partial charge in [-0.15, -0.1) is 11.3 Å². The zero-order chi connectivity index (χ0) is 21.3. The fraction of sp³-hybridized carbons (Fsp3) is 0.682. The number of amides is 1. The fourth-order valence-corrected chi connectivity index (χ4v) is 5.78. The highest BCUT2D eigenvalue weighted by atomic mass is 32.1. The van der Waals surface area contributed by atoms with Crippen LogP contribution in [0, 0.1) is 6.92 Å². The molecule has 7 heteroatoms. The summed E-state index contributed by atoms with van der Waals surface area (Å²) in [6.45, 7) is 14.4. The van der Waals surface area contributed by atoms with E-state index in [0.717, 1.165) is 41.6 Å². The van der Waals surface area contributed by atoms with Gasteiger partial charge in [0, 0.05) is 23.5 Å². The average molecular weight is 419 g/mol. The van der Waals surface area contributed by atoms with Crippen LogP contribution in [0.4, 0.5) is 0 Å². The third kappa shape index (κ3) is 4.40. The van der Waals surface area contributed by atoms with Gasteiger partial charge in [0.1, 0.15) is 4.83 Å². The van der Waals surface area contributed by atoms with Crippen molar-refractivity contribution >= 4 is 27.5 Å². The highest BCUT2D eigenvalue weighted by molar-refractivity contribution is 7.18. The summed E-state index contributed by atoms with van der Waals surface area (Å²) in [7, 11) is 0. The number of fused-ring (bicyclic) bond motifs is 1. The van der Waals surface area contributed by atoms with Crippen LogP contribution in [0.3, 0.4) is 0 Å². The molecule has 0 N–H and O–H groups in total. The molecule has 0 bridgehead atoms. The van der Waals surface area contributed by atoms with Crippen LogP contribution in [0.25, 0.3) is 10.2 Å². The maximum atomic E-state index is 13.3. The van der Waals surface area contributed by atoms with Crippen LogP contribution in [-0.2, 0) is 11.2 Å². The summed E-state index contributed by atoms with van der Waals surface area (Å²) in [4.78, 5) is 36.9. The third-order valence-electron chi connectivity index (χ3n) is 5.93. The predicted molar refractivity (Wildman–Crippen MR) is 120 cm³/mol. The van der Waals surface area contributed by atoms with Gasteiger partial charge < -0.3 is 4.90 Å². The van der Waals surface area contributed by atoms with E-state index in [1.807, 2.05) is 9.47 Å². The lowest BCUT2D eigenvalue weighted by Gasteiger charge is -2.36. The summed E-state index contributed by atoms with van der Waals surface area (Å²) >= 11 is 1.61. The second-order valence-corrected chi connectivity index (χ2v) is 9.85. The number of hydrogen-bond donors (Lipinski definition) is 0. The monoisotopic (exact) mass is 418 g/mol. The average Bonchev–Trinajstić information content (AvgIpc) is 2.97. The second kappa shape index (κ2) is 8.96. The number of thiophene rings is 1. The van der Waals surface area contributed by atoms with Gasteiger partial charge in [-0.1, -0.05) is 6.92 Å². The van der Waals surface area contributed by atoms with Gasteiger partial charge in [-0.25, -0.2) is 4.98 Å². The van der Waals surface area contributed by atoms with Gasteiger partial charge in [0.05, 0.1) is 24.3 Å². The summed E-state index contributed by atoms with van der Waals surface area (Å²) in [5.74, 6) is 0.165. The highest BCUT2D eigenvalue weighted by Gasteiger charge is 2.28. The lowest BCUT2D eigenvalue weighted by Crippen LogP contribution is -2.49. The third-order valence-corrected chi connectivity index (χ3v) is 6.98. The van der Waals surface area contributed by atoms with E-state index in [0.29, 0.717) is 13.1 Å². The minimum atomic E-state index is 0.0670. The van der Waals surface area contributed by atoms with E-state index in [9.17, 15) is 9.59 Å².